The minimum Gasteiger partial charge on any atom is -0.489 e. The van der Waals surface area contributed by atoms with Gasteiger partial charge in [-0.25, -0.2) is 0 Å². The van der Waals surface area contributed by atoms with Crippen molar-refractivity contribution in [2.45, 2.75) is 62.3 Å². The molecule has 10 heteroatoms. The maximum Gasteiger partial charge on any atom is 0.134 e. The molecular weight excluding hydrogens is 1070 g/mol. The summed E-state index contributed by atoms with van der Waals surface area (Å²) in [6, 6.07) is 75.6. The highest BCUT2D eigenvalue weighted by Crippen LogP contribution is 2.25. The minimum absolute atomic E-state index is 0.733. The minimum atomic E-state index is 0.733. The molecule has 0 amide bonds. The van der Waals surface area contributed by atoms with Crippen LogP contribution in [0.2, 0.25) is 0 Å². The van der Waals surface area contributed by atoms with Crippen molar-refractivity contribution in [2.24, 2.45) is 0 Å². The number of pyridine rings is 4. The Hall–Kier alpha value is -10.7. The number of hydrogen-bond donors (Lipinski definition) is 1. The first-order valence-electron chi connectivity index (χ1n) is 28.8. The van der Waals surface area contributed by atoms with E-state index < -0.39 is 0 Å². The lowest BCUT2D eigenvalue weighted by atomic mass is 10.1. The molecule has 10 nitrogen and oxygen atoms in total. The van der Waals surface area contributed by atoms with Crippen LogP contribution in [0.1, 0.15) is 58.0 Å². The predicted octanol–water partition coefficient (Wildman–Crippen LogP) is 20.4. The molecule has 87 heavy (non-hydrogen) atoms. The second-order valence-electron chi connectivity index (χ2n) is 20.8. The van der Waals surface area contributed by atoms with E-state index in [1.807, 2.05) is 181 Å². The third-order valence-electron chi connectivity index (χ3n) is 13.2. The first-order valence-corrected chi connectivity index (χ1v) is 28.8. The summed E-state index contributed by atoms with van der Waals surface area (Å²) in [6.07, 6.45) is 12.9. The van der Waals surface area contributed by atoms with Crippen LogP contribution in [0.3, 0.4) is 0 Å². The van der Waals surface area contributed by atoms with Gasteiger partial charge in [0.05, 0.1) is 23.5 Å². The van der Waals surface area contributed by atoms with E-state index in [4.69, 9.17) is 13.6 Å². The van der Waals surface area contributed by atoms with Crippen molar-refractivity contribution in [2.75, 3.05) is 6.61 Å². The Labute approximate surface area is 509 Å². The van der Waals surface area contributed by atoms with E-state index in [9.17, 15) is 0 Å². The number of H-pyrrole nitrogens is 1. The average Bonchev–Trinajstić information content (AvgIpc) is 4.57. The zero-order chi connectivity index (χ0) is 61.2. The normalized spacial score (nSPS) is 10.7. The lowest BCUT2D eigenvalue weighted by molar-refractivity contribution is 0.347. The summed E-state index contributed by atoms with van der Waals surface area (Å²) < 4.78 is 20.3. The van der Waals surface area contributed by atoms with Crippen molar-refractivity contribution in [1.29, 1.82) is 0 Å². The lowest BCUT2D eigenvalue weighted by Gasteiger charge is -2.14. The molecule has 9 heterocycles. The van der Waals surface area contributed by atoms with Gasteiger partial charge in [-0.05, 0) is 168 Å². The number of aryl methyl sites for hydroxylation is 8. The van der Waals surface area contributed by atoms with Crippen molar-refractivity contribution in [1.82, 2.24) is 30.1 Å². The summed E-state index contributed by atoms with van der Waals surface area (Å²) in [6.45, 7) is 18.8. The number of furan rings is 2. The van der Waals surface area contributed by atoms with Crippen LogP contribution in [0.4, 0.5) is 0 Å². The van der Waals surface area contributed by atoms with Gasteiger partial charge >= 0.3 is 0 Å². The van der Waals surface area contributed by atoms with Crippen LogP contribution in [0.25, 0.3) is 71.3 Å². The van der Waals surface area contributed by atoms with Crippen LogP contribution in [0, 0.1) is 55.4 Å². The van der Waals surface area contributed by atoms with Gasteiger partial charge in [0.15, 0.2) is 0 Å². The quantitative estimate of drug-likeness (QED) is 0.158. The highest BCUT2D eigenvalue weighted by molar-refractivity contribution is 5.84. The molecule has 8 aromatic heterocycles. The SMILES string of the molecule is CC1=Cc2ccccc2OC1.Cc1cc2ccccc2cn1.Cc1cc2ccccc2o1.Cc1cc2cnccc2[nH]1.Cc1ccc2ccccc2c1.Cc1ccc2ccccc2n1.Cc1ccco1.Cc1ccno1.Cc1cnc2ccccc2c1. The van der Waals surface area contributed by atoms with Crippen LogP contribution in [-0.4, -0.2) is 36.7 Å². The Bertz CT molecular complexity index is 4060. The molecule has 0 saturated heterocycles. The highest BCUT2D eigenvalue weighted by Gasteiger charge is 2.06. The average molecular weight is 1150 g/mol. The molecule has 0 unspecified atom stereocenters. The molecule has 0 atom stereocenters. The number of ether oxygens (including phenoxy) is 1. The maximum absolute atomic E-state index is 5.47. The molecule has 16 rings (SSSR count). The van der Waals surface area contributed by atoms with Crippen LogP contribution in [-0.2, 0) is 0 Å². The van der Waals surface area contributed by atoms with Crippen LogP contribution in [0.15, 0.2) is 281 Å². The fourth-order valence-corrected chi connectivity index (χ4v) is 8.95. The third kappa shape index (κ3) is 20.3. The molecule has 436 valence electrons. The standard InChI is InChI=1S/C11H10.3C10H9N.C10H10O.C9H8O.C8H8N2.C5H6O.C4H5NO/c1-9-6-7-10-4-2-3-5-11(10)8-9;1-8-6-9-4-2-3-5-10(9)7-11-8;1-8-6-9-4-2-3-5-10(9)11-7-8;1-8-6-7-9-4-2-3-5-10(9)11-8;1-8-6-9-4-2-3-5-10(9)11-7-8;1-7-6-8-4-2-3-5-9(8)10-7;1-6-4-7-5-9-3-2-8(7)10-6;1-5-3-2-4-6-5;1-4-2-3-5-6-4/h2-8H,1H3;3*2-7H,1H3;2-6H,7H2,1H3;2-6H,1H3;2-5,10H,1H3;2-4H,1H3;2-3H,1H3. The van der Waals surface area contributed by atoms with Gasteiger partial charge in [0, 0.05) is 85.9 Å². The molecule has 1 aliphatic rings. The summed E-state index contributed by atoms with van der Waals surface area (Å²) in [5.74, 6) is 3.80. The fraction of sp³-hybridized carbons (Fsp3) is 0.130. The molecule has 1 N–H and O–H groups in total. The van der Waals surface area contributed by atoms with Gasteiger partial charge in [0.1, 0.15) is 35.2 Å². The van der Waals surface area contributed by atoms with Crippen LogP contribution < -0.4 is 4.74 Å². The van der Waals surface area contributed by atoms with Gasteiger partial charge in [-0.15, -0.1) is 0 Å². The van der Waals surface area contributed by atoms with Gasteiger partial charge in [-0.1, -0.05) is 156 Å². The van der Waals surface area contributed by atoms with Gasteiger partial charge in [0.25, 0.3) is 0 Å². The molecule has 0 aliphatic carbocycles. The van der Waals surface area contributed by atoms with Crippen molar-refractivity contribution < 1.29 is 18.1 Å². The molecule has 0 saturated carbocycles. The molecule has 7 aromatic carbocycles. The molecule has 0 fully saturated rings. The topological polar surface area (TPSA) is 129 Å². The van der Waals surface area contributed by atoms with Crippen molar-refractivity contribution in [3.05, 3.63) is 318 Å². The summed E-state index contributed by atoms with van der Waals surface area (Å²) in [5, 5.41) is 13.3. The Morgan fingerprint density at radius 2 is 1.07 bits per heavy atom. The molecule has 0 radical (unpaired) electrons. The van der Waals surface area contributed by atoms with E-state index in [-0.39, 0.29) is 0 Å². The molecular formula is C77H74N6O4. The van der Waals surface area contributed by atoms with E-state index in [2.05, 4.69) is 159 Å². The number of rotatable bonds is 0. The highest BCUT2D eigenvalue weighted by atomic mass is 16.5. The maximum atomic E-state index is 5.47. The summed E-state index contributed by atoms with van der Waals surface area (Å²) in [4.78, 5) is 20.1. The van der Waals surface area contributed by atoms with Crippen molar-refractivity contribution >= 4 is 71.3 Å². The molecule has 0 bridgehead atoms. The number of aromatic amines is 1. The predicted molar refractivity (Wildman–Crippen MR) is 360 cm³/mol. The molecule has 1 aliphatic heterocycles. The number of para-hydroxylation sites is 4. The number of fused-ring (bicyclic) bond motifs is 7. The summed E-state index contributed by atoms with van der Waals surface area (Å²) in [5.41, 5.74) is 12.6. The number of benzene rings is 7. The molecule has 15 aromatic rings. The van der Waals surface area contributed by atoms with Gasteiger partial charge in [0.2, 0.25) is 0 Å². The van der Waals surface area contributed by atoms with E-state index in [1.54, 1.807) is 24.7 Å². The Kier molecular flexibility index (Phi) is 23.2. The van der Waals surface area contributed by atoms with E-state index in [0.29, 0.717) is 0 Å². The Morgan fingerprint density at radius 3 is 1.76 bits per heavy atom. The smallest absolute Gasteiger partial charge is 0.134 e. The zero-order valence-electron chi connectivity index (χ0n) is 51.0. The van der Waals surface area contributed by atoms with Gasteiger partial charge in [-0.2, -0.15) is 0 Å². The number of nitrogens with one attached hydrogen (secondary N) is 1. The first-order chi connectivity index (χ1) is 42.3. The Balaban J connectivity index is 0.000000128. The largest absolute Gasteiger partial charge is 0.489 e. The first kappa shape index (κ1) is 62.3. The van der Waals surface area contributed by atoms with Crippen molar-refractivity contribution in [3.63, 3.8) is 0 Å². The number of aromatic nitrogens is 6. The van der Waals surface area contributed by atoms with Gasteiger partial charge in [-0.3, -0.25) is 19.9 Å². The monoisotopic (exact) mass is 1150 g/mol. The van der Waals surface area contributed by atoms with Crippen molar-refractivity contribution in [3.8, 4) is 5.75 Å². The summed E-state index contributed by atoms with van der Waals surface area (Å²) >= 11 is 0. The zero-order valence-corrected chi connectivity index (χ0v) is 51.0. The second-order valence-corrected chi connectivity index (χ2v) is 20.8. The fourth-order valence-electron chi connectivity index (χ4n) is 8.95. The summed E-state index contributed by atoms with van der Waals surface area (Å²) in [7, 11) is 0. The number of nitrogens with zero attached hydrogens (tertiary/aromatic N) is 5. The molecule has 0 spiro atoms. The van der Waals surface area contributed by atoms with Gasteiger partial charge < -0.3 is 23.1 Å². The number of hydrogen-bond acceptors (Lipinski definition) is 9. The lowest BCUT2D eigenvalue weighted by Crippen LogP contribution is -2.04. The van der Waals surface area contributed by atoms with Crippen LogP contribution in [0.5, 0.6) is 5.75 Å². The van der Waals surface area contributed by atoms with E-state index in [1.165, 1.54) is 71.0 Å². The Morgan fingerprint density at radius 1 is 0.414 bits per heavy atom. The second kappa shape index (κ2) is 32.4. The third-order valence-corrected chi connectivity index (χ3v) is 13.2. The van der Waals surface area contributed by atoms with E-state index >= 15 is 0 Å². The van der Waals surface area contributed by atoms with E-state index in [0.717, 1.165) is 63.2 Å². The van der Waals surface area contributed by atoms with Crippen LogP contribution >= 0.6 is 0 Å².